The van der Waals surface area contributed by atoms with Crippen molar-refractivity contribution < 1.29 is 14.4 Å². The molecule has 0 aromatic carbocycles. The fraction of sp³-hybridized carbons (Fsp3) is 0.846. The van der Waals surface area contributed by atoms with Crippen molar-refractivity contribution in [1.82, 2.24) is 15.5 Å². The zero-order valence-electron chi connectivity index (χ0n) is 11.3. The first-order valence-corrected chi connectivity index (χ1v) is 7.04. The molecule has 1 saturated carbocycles. The lowest BCUT2D eigenvalue weighted by Gasteiger charge is -2.32. The lowest BCUT2D eigenvalue weighted by molar-refractivity contribution is -0.0527. The molecule has 1 aromatic rings. The Morgan fingerprint density at radius 1 is 1.37 bits per heavy atom. The normalized spacial score (nSPS) is 30.6. The van der Waals surface area contributed by atoms with E-state index < -0.39 is 0 Å². The second-order valence-corrected chi connectivity index (χ2v) is 5.57. The van der Waals surface area contributed by atoms with E-state index in [0.29, 0.717) is 24.7 Å². The monoisotopic (exact) mass is 267 g/mol. The summed E-state index contributed by atoms with van der Waals surface area (Å²) in [7, 11) is 1.72. The highest BCUT2D eigenvalue weighted by Crippen LogP contribution is 2.39. The smallest absolute Gasteiger partial charge is 0.243 e. The van der Waals surface area contributed by atoms with Crippen molar-refractivity contribution in [1.29, 1.82) is 0 Å². The van der Waals surface area contributed by atoms with E-state index in [4.69, 9.17) is 9.26 Å². The van der Waals surface area contributed by atoms with Gasteiger partial charge in [0.15, 0.2) is 0 Å². The maximum absolute atomic E-state index is 9.54. The van der Waals surface area contributed by atoms with E-state index >= 15 is 0 Å². The third kappa shape index (κ3) is 2.40. The SMILES string of the molecule is COC1(c2noc(C3CC(O)CN3)n2)CCCCC1. The first-order valence-electron chi connectivity index (χ1n) is 7.04. The molecule has 2 fully saturated rings. The zero-order valence-corrected chi connectivity index (χ0v) is 11.3. The molecule has 1 aromatic heterocycles. The van der Waals surface area contributed by atoms with Crippen molar-refractivity contribution in [3.63, 3.8) is 0 Å². The van der Waals surface area contributed by atoms with E-state index in [1.165, 1.54) is 6.42 Å². The number of aromatic nitrogens is 2. The minimum Gasteiger partial charge on any atom is -0.392 e. The Balaban J connectivity index is 1.79. The fourth-order valence-corrected chi connectivity index (χ4v) is 3.11. The zero-order chi connectivity index (χ0) is 13.3. The molecule has 0 spiro atoms. The molecule has 2 unspecified atom stereocenters. The second kappa shape index (κ2) is 5.19. The number of nitrogens with one attached hydrogen (secondary N) is 1. The van der Waals surface area contributed by atoms with Gasteiger partial charge >= 0.3 is 0 Å². The molecule has 0 bridgehead atoms. The Bertz CT molecular complexity index is 429. The van der Waals surface area contributed by atoms with Crippen LogP contribution in [0.25, 0.3) is 0 Å². The van der Waals surface area contributed by atoms with Gasteiger partial charge in [0.25, 0.3) is 0 Å². The first kappa shape index (κ1) is 13.0. The molecule has 1 aliphatic heterocycles. The Morgan fingerprint density at radius 2 is 2.16 bits per heavy atom. The predicted molar refractivity (Wildman–Crippen MR) is 67.4 cm³/mol. The van der Waals surface area contributed by atoms with Crippen molar-refractivity contribution in [2.45, 2.75) is 56.3 Å². The van der Waals surface area contributed by atoms with Gasteiger partial charge in [0.05, 0.1) is 12.1 Å². The van der Waals surface area contributed by atoms with Crippen molar-refractivity contribution in [2.24, 2.45) is 0 Å². The van der Waals surface area contributed by atoms with Gasteiger partial charge in [-0.1, -0.05) is 24.4 Å². The van der Waals surface area contributed by atoms with Crippen LogP contribution in [0.3, 0.4) is 0 Å². The number of aliphatic hydroxyl groups excluding tert-OH is 1. The van der Waals surface area contributed by atoms with Crippen LogP contribution in [0.2, 0.25) is 0 Å². The quantitative estimate of drug-likeness (QED) is 0.858. The molecule has 106 valence electrons. The van der Waals surface area contributed by atoms with Crippen LogP contribution in [-0.2, 0) is 10.3 Å². The van der Waals surface area contributed by atoms with Gasteiger partial charge in [0.1, 0.15) is 5.60 Å². The van der Waals surface area contributed by atoms with Gasteiger partial charge < -0.3 is 19.7 Å². The molecule has 6 nitrogen and oxygen atoms in total. The van der Waals surface area contributed by atoms with Gasteiger partial charge in [-0.3, -0.25) is 0 Å². The van der Waals surface area contributed by atoms with E-state index in [1.54, 1.807) is 7.11 Å². The standard InChI is InChI=1S/C13H21N3O3/c1-18-13(5-3-2-4-6-13)12-15-11(19-16-12)10-7-9(17)8-14-10/h9-10,14,17H,2-8H2,1H3. The summed E-state index contributed by atoms with van der Waals surface area (Å²) >= 11 is 0. The van der Waals surface area contributed by atoms with E-state index in [2.05, 4.69) is 15.5 Å². The molecule has 2 N–H and O–H groups in total. The lowest BCUT2D eigenvalue weighted by atomic mass is 9.84. The predicted octanol–water partition coefficient (Wildman–Crippen LogP) is 1.27. The minimum absolute atomic E-state index is 0.0336. The van der Waals surface area contributed by atoms with Crippen molar-refractivity contribution in [3.8, 4) is 0 Å². The van der Waals surface area contributed by atoms with Crippen LogP contribution in [0.5, 0.6) is 0 Å². The number of nitrogens with zero attached hydrogens (tertiary/aromatic N) is 2. The van der Waals surface area contributed by atoms with E-state index in [9.17, 15) is 5.11 Å². The Morgan fingerprint density at radius 3 is 2.79 bits per heavy atom. The van der Waals surface area contributed by atoms with Gasteiger partial charge in [0, 0.05) is 13.7 Å². The fourth-order valence-electron chi connectivity index (χ4n) is 3.11. The van der Waals surface area contributed by atoms with Gasteiger partial charge in [-0.2, -0.15) is 4.98 Å². The van der Waals surface area contributed by atoms with Crippen LogP contribution in [0.15, 0.2) is 4.52 Å². The van der Waals surface area contributed by atoms with Gasteiger partial charge in [0.2, 0.25) is 11.7 Å². The summed E-state index contributed by atoms with van der Waals surface area (Å²) in [6.45, 7) is 0.581. The summed E-state index contributed by atoms with van der Waals surface area (Å²) in [5.41, 5.74) is -0.378. The molecule has 0 amide bonds. The summed E-state index contributed by atoms with van der Waals surface area (Å²) in [6, 6.07) is -0.0336. The van der Waals surface area contributed by atoms with Crippen LogP contribution in [0, 0.1) is 0 Å². The average molecular weight is 267 g/mol. The van der Waals surface area contributed by atoms with Crippen LogP contribution in [0.4, 0.5) is 0 Å². The molecule has 1 saturated heterocycles. The third-order valence-corrected chi connectivity index (χ3v) is 4.31. The Hall–Kier alpha value is -0.980. The van der Waals surface area contributed by atoms with Crippen molar-refractivity contribution >= 4 is 0 Å². The van der Waals surface area contributed by atoms with E-state index in [1.807, 2.05) is 0 Å². The van der Waals surface area contributed by atoms with Gasteiger partial charge in [-0.15, -0.1) is 0 Å². The minimum atomic E-state index is -0.378. The highest BCUT2D eigenvalue weighted by molar-refractivity contribution is 5.06. The van der Waals surface area contributed by atoms with Crippen LogP contribution >= 0.6 is 0 Å². The molecule has 0 radical (unpaired) electrons. The summed E-state index contributed by atoms with van der Waals surface area (Å²) in [4.78, 5) is 4.52. The number of hydrogen-bond donors (Lipinski definition) is 2. The lowest BCUT2D eigenvalue weighted by Crippen LogP contribution is -2.32. The molecular formula is C13H21N3O3. The first-order chi connectivity index (χ1) is 9.23. The highest BCUT2D eigenvalue weighted by atomic mass is 16.5. The van der Waals surface area contributed by atoms with Gasteiger partial charge in [-0.05, 0) is 19.3 Å². The topological polar surface area (TPSA) is 80.4 Å². The summed E-state index contributed by atoms with van der Waals surface area (Å²) < 4.78 is 11.1. The molecule has 3 rings (SSSR count). The second-order valence-electron chi connectivity index (χ2n) is 5.57. The number of rotatable bonds is 3. The average Bonchev–Trinajstić information content (AvgIpc) is 3.08. The maximum Gasteiger partial charge on any atom is 0.243 e. The molecule has 2 heterocycles. The number of β-amino-alcohol motifs (C(OH)–C–C–N with tert-alkyl or cyclic N) is 1. The molecule has 6 heteroatoms. The number of aliphatic hydroxyl groups is 1. The number of hydrogen-bond acceptors (Lipinski definition) is 6. The summed E-state index contributed by atoms with van der Waals surface area (Å²) in [5.74, 6) is 1.22. The third-order valence-electron chi connectivity index (χ3n) is 4.31. The molecule has 2 atom stereocenters. The van der Waals surface area contributed by atoms with E-state index in [0.717, 1.165) is 25.7 Å². The summed E-state index contributed by atoms with van der Waals surface area (Å²) in [6.07, 6.45) is 5.71. The Labute approximate surface area is 112 Å². The van der Waals surface area contributed by atoms with Crippen molar-refractivity contribution in [2.75, 3.05) is 13.7 Å². The molecule has 2 aliphatic rings. The molecular weight excluding hydrogens is 246 g/mol. The molecule has 1 aliphatic carbocycles. The van der Waals surface area contributed by atoms with Crippen LogP contribution < -0.4 is 5.32 Å². The van der Waals surface area contributed by atoms with Crippen LogP contribution in [-0.4, -0.2) is 35.0 Å². The number of ether oxygens (including phenoxy) is 1. The summed E-state index contributed by atoms with van der Waals surface area (Å²) in [5, 5.41) is 16.8. The van der Waals surface area contributed by atoms with Gasteiger partial charge in [-0.25, -0.2) is 0 Å². The largest absolute Gasteiger partial charge is 0.392 e. The molecule has 19 heavy (non-hydrogen) atoms. The highest BCUT2D eigenvalue weighted by Gasteiger charge is 2.39. The van der Waals surface area contributed by atoms with E-state index in [-0.39, 0.29) is 17.7 Å². The van der Waals surface area contributed by atoms with Crippen LogP contribution in [0.1, 0.15) is 56.3 Å². The van der Waals surface area contributed by atoms with Crippen molar-refractivity contribution in [3.05, 3.63) is 11.7 Å². The Kier molecular flexibility index (Phi) is 3.56. The maximum atomic E-state index is 9.54. The number of methoxy groups -OCH3 is 1.